The predicted molar refractivity (Wildman–Crippen MR) is 107 cm³/mol. The van der Waals surface area contributed by atoms with E-state index < -0.39 is 21.9 Å². The molecule has 1 aromatic heterocycles. The first-order valence-electron chi connectivity index (χ1n) is 8.50. The van der Waals surface area contributed by atoms with Crippen molar-refractivity contribution in [1.29, 1.82) is 0 Å². The number of nitrogens with zero attached hydrogens (tertiary/aromatic N) is 2. The Morgan fingerprint density at radius 1 is 1.11 bits per heavy atom. The fourth-order valence-corrected chi connectivity index (χ4v) is 4.39. The van der Waals surface area contributed by atoms with Crippen molar-refractivity contribution in [3.8, 4) is 0 Å². The third-order valence-corrected chi connectivity index (χ3v) is 6.79. The summed E-state index contributed by atoms with van der Waals surface area (Å²) < 4.78 is 26.3. The SMILES string of the molecule is CCN(CC)S(=O)(=O)c1ccc(C(=O)Nc2ccc(SCC(=O)O)nc2)cc1. The summed E-state index contributed by atoms with van der Waals surface area (Å²) >= 11 is 1.08. The zero-order valence-electron chi connectivity index (χ0n) is 15.5. The lowest BCUT2D eigenvalue weighted by atomic mass is 10.2. The van der Waals surface area contributed by atoms with E-state index in [1.165, 1.54) is 34.8 Å². The van der Waals surface area contributed by atoms with Crippen LogP contribution in [-0.4, -0.2) is 53.5 Å². The van der Waals surface area contributed by atoms with Crippen LogP contribution in [0.3, 0.4) is 0 Å². The van der Waals surface area contributed by atoms with Crippen molar-refractivity contribution in [2.75, 3.05) is 24.2 Å². The minimum Gasteiger partial charge on any atom is -0.481 e. The number of carbonyl (C=O) groups is 2. The average Bonchev–Trinajstić information content (AvgIpc) is 2.68. The van der Waals surface area contributed by atoms with Crippen molar-refractivity contribution >= 4 is 39.3 Å². The molecule has 0 aliphatic heterocycles. The molecule has 2 rings (SSSR count). The van der Waals surface area contributed by atoms with E-state index in [1.807, 2.05) is 0 Å². The van der Waals surface area contributed by atoms with E-state index in [0.717, 1.165) is 11.8 Å². The van der Waals surface area contributed by atoms with Crippen molar-refractivity contribution in [2.45, 2.75) is 23.8 Å². The molecule has 0 fully saturated rings. The van der Waals surface area contributed by atoms with Crippen molar-refractivity contribution in [2.24, 2.45) is 0 Å². The number of carboxylic acids is 1. The Balaban J connectivity index is 2.06. The van der Waals surface area contributed by atoms with Gasteiger partial charge >= 0.3 is 5.97 Å². The fourth-order valence-electron chi connectivity index (χ4n) is 2.37. The first kappa shape index (κ1) is 21.9. The Bertz CT molecular complexity index is 925. The standard InChI is InChI=1S/C18H21N3O5S2/c1-3-21(4-2)28(25,26)15-8-5-13(6-9-15)18(24)20-14-7-10-16(19-11-14)27-12-17(22)23/h5-11H,3-4,12H2,1-2H3,(H,20,24)(H,22,23). The van der Waals surface area contributed by atoms with Gasteiger partial charge in [0.2, 0.25) is 10.0 Å². The summed E-state index contributed by atoms with van der Waals surface area (Å²) in [6.45, 7) is 4.27. The predicted octanol–water partition coefficient (Wildman–Crippen LogP) is 2.54. The number of aliphatic carboxylic acids is 1. The molecule has 0 saturated carbocycles. The second-order valence-electron chi connectivity index (χ2n) is 5.64. The molecule has 2 N–H and O–H groups in total. The lowest BCUT2D eigenvalue weighted by Crippen LogP contribution is -2.30. The highest BCUT2D eigenvalue weighted by molar-refractivity contribution is 7.99. The number of thioether (sulfide) groups is 1. The number of anilines is 1. The molecule has 0 aliphatic carbocycles. The quantitative estimate of drug-likeness (QED) is 0.595. The number of rotatable bonds is 9. The number of nitrogens with one attached hydrogen (secondary N) is 1. The van der Waals surface area contributed by atoms with Crippen LogP contribution in [0.2, 0.25) is 0 Å². The van der Waals surface area contributed by atoms with Gasteiger partial charge in [-0.3, -0.25) is 9.59 Å². The molecule has 10 heteroatoms. The number of carbonyl (C=O) groups excluding carboxylic acids is 1. The van der Waals surface area contributed by atoms with Crippen LogP contribution in [0.1, 0.15) is 24.2 Å². The number of amides is 1. The number of hydrogen-bond acceptors (Lipinski definition) is 6. The summed E-state index contributed by atoms with van der Waals surface area (Å²) in [5, 5.41) is 11.9. The molecular weight excluding hydrogens is 402 g/mol. The Kier molecular flexibility index (Phi) is 7.55. The molecule has 0 spiro atoms. The largest absolute Gasteiger partial charge is 0.481 e. The highest BCUT2D eigenvalue weighted by Crippen LogP contribution is 2.19. The topological polar surface area (TPSA) is 117 Å². The normalized spacial score (nSPS) is 11.4. The minimum atomic E-state index is -3.57. The maximum Gasteiger partial charge on any atom is 0.313 e. The van der Waals surface area contributed by atoms with E-state index in [9.17, 15) is 18.0 Å². The lowest BCUT2D eigenvalue weighted by molar-refractivity contribution is -0.133. The van der Waals surface area contributed by atoms with Gasteiger partial charge in [-0.1, -0.05) is 25.6 Å². The van der Waals surface area contributed by atoms with E-state index in [1.54, 1.807) is 26.0 Å². The van der Waals surface area contributed by atoms with Gasteiger partial charge in [-0.05, 0) is 36.4 Å². The number of pyridine rings is 1. The van der Waals surface area contributed by atoms with E-state index in [0.29, 0.717) is 29.4 Å². The van der Waals surface area contributed by atoms with Gasteiger partial charge in [0.05, 0.1) is 27.6 Å². The van der Waals surface area contributed by atoms with Crippen LogP contribution >= 0.6 is 11.8 Å². The second kappa shape index (κ2) is 9.67. The van der Waals surface area contributed by atoms with Crippen molar-refractivity contribution in [1.82, 2.24) is 9.29 Å². The molecule has 150 valence electrons. The van der Waals surface area contributed by atoms with Crippen LogP contribution < -0.4 is 5.32 Å². The highest BCUT2D eigenvalue weighted by atomic mass is 32.2. The summed E-state index contributed by atoms with van der Waals surface area (Å²) in [7, 11) is -3.57. The van der Waals surface area contributed by atoms with Gasteiger partial charge < -0.3 is 10.4 Å². The number of benzene rings is 1. The molecule has 0 unspecified atom stereocenters. The van der Waals surface area contributed by atoms with E-state index >= 15 is 0 Å². The third-order valence-electron chi connectivity index (χ3n) is 3.80. The smallest absolute Gasteiger partial charge is 0.313 e. The zero-order chi connectivity index (χ0) is 20.7. The molecule has 8 nitrogen and oxygen atoms in total. The van der Waals surface area contributed by atoms with E-state index in [2.05, 4.69) is 10.3 Å². The highest BCUT2D eigenvalue weighted by Gasteiger charge is 2.21. The van der Waals surface area contributed by atoms with Crippen LogP contribution in [0.25, 0.3) is 0 Å². The minimum absolute atomic E-state index is 0.0958. The fraction of sp³-hybridized carbons (Fsp3) is 0.278. The van der Waals surface area contributed by atoms with Gasteiger partial charge in [-0.25, -0.2) is 13.4 Å². The van der Waals surface area contributed by atoms with Crippen LogP contribution in [0, 0.1) is 0 Å². The molecule has 0 saturated heterocycles. The molecule has 0 atom stereocenters. The Morgan fingerprint density at radius 3 is 2.25 bits per heavy atom. The van der Waals surface area contributed by atoms with Crippen LogP contribution in [-0.2, 0) is 14.8 Å². The molecule has 2 aromatic rings. The van der Waals surface area contributed by atoms with Gasteiger partial charge in [0.15, 0.2) is 0 Å². The Hall–Kier alpha value is -2.43. The summed E-state index contributed by atoms with van der Waals surface area (Å²) in [5.41, 5.74) is 0.757. The monoisotopic (exact) mass is 423 g/mol. The summed E-state index contributed by atoms with van der Waals surface area (Å²) in [6.07, 6.45) is 1.43. The number of carboxylic acid groups (broad SMARTS) is 1. The van der Waals surface area contributed by atoms with Gasteiger partial charge in [0, 0.05) is 18.7 Å². The van der Waals surface area contributed by atoms with Gasteiger partial charge in [0.1, 0.15) is 0 Å². The third kappa shape index (κ3) is 5.54. The van der Waals surface area contributed by atoms with Crippen molar-refractivity contribution < 1.29 is 23.1 Å². The number of sulfonamides is 1. The van der Waals surface area contributed by atoms with E-state index in [4.69, 9.17) is 5.11 Å². The van der Waals surface area contributed by atoms with Crippen LogP contribution in [0.15, 0.2) is 52.5 Å². The molecule has 0 aliphatic rings. The first-order chi connectivity index (χ1) is 13.3. The first-order valence-corrected chi connectivity index (χ1v) is 10.9. The average molecular weight is 424 g/mol. The number of aromatic nitrogens is 1. The van der Waals surface area contributed by atoms with Crippen LogP contribution in [0.4, 0.5) is 5.69 Å². The summed E-state index contributed by atoms with van der Waals surface area (Å²) in [6, 6.07) is 8.96. The maximum atomic E-state index is 12.5. The zero-order valence-corrected chi connectivity index (χ0v) is 17.1. The number of hydrogen-bond donors (Lipinski definition) is 2. The van der Waals surface area contributed by atoms with Crippen LogP contribution in [0.5, 0.6) is 0 Å². The molecule has 0 bridgehead atoms. The summed E-state index contributed by atoms with van der Waals surface area (Å²) in [4.78, 5) is 27.1. The molecule has 1 heterocycles. The molecule has 28 heavy (non-hydrogen) atoms. The second-order valence-corrected chi connectivity index (χ2v) is 8.57. The molecule has 1 amide bonds. The molecule has 1 aromatic carbocycles. The van der Waals surface area contributed by atoms with Gasteiger partial charge in [-0.15, -0.1) is 0 Å². The van der Waals surface area contributed by atoms with Gasteiger partial charge in [0.25, 0.3) is 5.91 Å². The van der Waals surface area contributed by atoms with E-state index in [-0.39, 0.29) is 10.6 Å². The van der Waals surface area contributed by atoms with Crippen molar-refractivity contribution in [3.63, 3.8) is 0 Å². The molecule has 0 radical (unpaired) electrons. The Morgan fingerprint density at radius 2 is 1.75 bits per heavy atom. The van der Waals surface area contributed by atoms with Crippen molar-refractivity contribution in [3.05, 3.63) is 48.2 Å². The van der Waals surface area contributed by atoms with Gasteiger partial charge in [-0.2, -0.15) is 4.31 Å². The summed E-state index contributed by atoms with van der Waals surface area (Å²) in [5.74, 6) is -1.43. The lowest BCUT2D eigenvalue weighted by Gasteiger charge is -2.18. The maximum absolute atomic E-state index is 12.5. The Labute approximate surface area is 168 Å². The molecular formula is C18H21N3O5S2.